The summed E-state index contributed by atoms with van der Waals surface area (Å²) in [5.74, 6) is -0.531. The third-order valence-corrected chi connectivity index (χ3v) is 3.21. The Morgan fingerprint density at radius 3 is 2.72 bits per heavy atom. The molecule has 1 aromatic rings. The maximum absolute atomic E-state index is 12.9. The summed E-state index contributed by atoms with van der Waals surface area (Å²) in [5.41, 5.74) is 0.0973. The molecule has 0 aliphatic heterocycles. The first-order valence-electron chi connectivity index (χ1n) is 4.76. The standard InChI is InChI=1S/C9H10BrFN2O4S/c1-2-17-9(14)13-18(15,16)12-6-3-4-8(11)7(10)5-6/h3-5,12H,2H2,1H3,(H,13,14). The van der Waals surface area contributed by atoms with Gasteiger partial charge in [0.05, 0.1) is 16.8 Å². The highest BCUT2D eigenvalue weighted by atomic mass is 79.9. The van der Waals surface area contributed by atoms with Crippen molar-refractivity contribution in [2.24, 2.45) is 0 Å². The number of amides is 1. The first-order chi connectivity index (χ1) is 8.34. The third-order valence-electron chi connectivity index (χ3n) is 1.66. The normalized spacial score (nSPS) is 10.8. The summed E-state index contributed by atoms with van der Waals surface area (Å²) in [7, 11) is -4.10. The van der Waals surface area contributed by atoms with Crippen LogP contribution in [0.1, 0.15) is 6.92 Å². The van der Waals surface area contributed by atoms with Gasteiger partial charge in [-0.05, 0) is 41.1 Å². The number of rotatable bonds is 4. The summed E-state index contributed by atoms with van der Waals surface area (Å²) in [6.45, 7) is 1.58. The van der Waals surface area contributed by atoms with E-state index in [-0.39, 0.29) is 16.8 Å². The number of nitrogens with one attached hydrogen (secondary N) is 2. The number of hydrogen-bond donors (Lipinski definition) is 2. The predicted molar refractivity (Wildman–Crippen MR) is 66.8 cm³/mol. The molecule has 6 nitrogen and oxygen atoms in total. The van der Waals surface area contributed by atoms with E-state index in [9.17, 15) is 17.6 Å². The maximum atomic E-state index is 12.9. The Hall–Kier alpha value is -1.35. The smallest absolute Gasteiger partial charge is 0.422 e. The van der Waals surface area contributed by atoms with Crippen LogP contribution in [0.15, 0.2) is 22.7 Å². The lowest BCUT2D eigenvalue weighted by Gasteiger charge is -2.09. The Morgan fingerprint density at radius 2 is 2.17 bits per heavy atom. The zero-order valence-corrected chi connectivity index (χ0v) is 11.6. The average Bonchev–Trinajstić information content (AvgIpc) is 2.22. The fourth-order valence-corrected chi connectivity index (χ4v) is 2.16. The molecule has 1 amide bonds. The predicted octanol–water partition coefficient (Wildman–Crippen LogP) is 1.99. The van der Waals surface area contributed by atoms with Crippen LogP contribution in [0.5, 0.6) is 0 Å². The van der Waals surface area contributed by atoms with Crippen LogP contribution >= 0.6 is 15.9 Å². The summed E-state index contributed by atoms with van der Waals surface area (Å²) in [5, 5.41) is 0. The summed E-state index contributed by atoms with van der Waals surface area (Å²) in [6, 6.07) is 3.51. The van der Waals surface area contributed by atoms with Gasteiger partial charge in [0.2, 0.25) is 0 Å². The minimum atomic E-state index is -4.10. The SMILES string of the molecule is CCOC(=O)NS(=O)(=O)Nc1ccc(F)c(Br)c1. The highest BCUT2D eigenvalue weighted by Crippen LogP contribution is 2.20. The average molecular weight is 341 g/mol. The van der Waals surface area contributed by atoms with Gasteiger partial charge < -0.3 is 4.74 Å². The topological polar surface area (TPSA) is 84.5 Å². The van der Waals surface area contributed by atoms with E-state index < -0.39 is 22.1 Å². The van der Waals surface area contributed by atoms with E-state index in [1.165, 1.54) is 19.1 Å². The zero-order valence-electron chi connectivity index (χ0n) is 9.24. The fraction of sp³-hybridized carbons (Fsp3) is 0.222. The van der Waals surface area contributed by atoms with E-state index in [4.69, 9.17) is 0 Å². The fourth-order valence-electron chi connectivity index (χ4n) is 1.01. The zero-order chi connectivity index (χ0) is 13.8. The molecule has 0 heterocycles. The number of hydrogen-bond acceptors (Lipinski definition) is 4. The molecule has 0 unspecified atom stereocenters. The van der Waals surface area contributed by atoms with Crippen molar-refractivity contribution in [2.75, 3.05) is 11.3 Å². The largest absolute Gasteiger partial charge is 0.449 e. The molecule has 0 radical (unpaired) electrons. The minimum Gasteiger partial charge on any atom is -0.449 e. The lowest BCUT2D eigenvalue weighted by molar-refractivity contribution is 0.159. The van der Waals surface area contributed by atoms with Crippen LogP contribution in [0.3, 0.4) is 0 Å². The molecule has 0 aliphatic rings. The van der Waals surface area contributed by atoms with Gasteiger partial charge in [0.1, 0.15) is 5.82 Å². The summed E-state index contributed by atoms with van der Waals surface area (Å²) in [4.78, 5) is 10.9. The molecular formula is C9H10BrFN2O4S. The minimum absolute atomic E-state index is 0.0451. The van der Waals surface area contributed by atoms with Gasteiger partial charge in [-0.25, -0.2) is 13.9 Å². The highest BCUT2D eigenvalue weighted by molar-refractivity contribution is 9.10. The van der Waals surface area contributed by atoms with Gasteiger partial charge in [-0.3, -0.25) is 4.72 Å². The summed E-state index contributed by atoms with van der Waals surface area (Å²) in [6.07, 6.45) is -1.09. The van der Waals surface area contributed by atoms with Gasteiger partial charge in [0.15, 0.2) is 0 Å². The highest BCUT2D eigenvalue weighted by Gasteiger charge is 2.15. The second kappa shape index (κ2) is 6.01. The van der Waals surface area contributed by atoms with Crippen molar-refractivity contribution in [3.8, 4) is 0 Å². The van der Waals surface area contributed by atoms with Crippen molar-refractivity contribution in [3.63, 3.8) is 0 Å². The molecule has 1 rings (SSSR count). The lowest BCUT2D eigenvalue weighted by Crippen LogP contribution is -2.35. The van der Waals surface area contributed by atoms with Crippen molar-refractivity contribution < 1.29 is 22.3 Å². The molecule has 0 aromatic heterocycles. The van der Waals surface area contributed by atoms with Gasteiger partial charge >= 0.3 is 16.3 Å². The third kappa shape index (κ3) is 4.49. The van der Waals surface area contributed by atoms with Crippen LogP contribution in [0.4, 0.5) is 14.9 Å². The molecule has 18 heavy (non-hydrogen) atoms. The number of ether oxygens (including phenoxy) is 1. The van der Waals surface area contributed by atoms with Crippen LogP contribution in [0, 0.1) is 5.82 Å². The van der Waals surface area contributed by atoms with E-state index in [0.29, 0.717) is 0 Å². The van der Waals surface area contributed by atoms with E-state index in [0.717, 1.165) is 6.07 Å². The second-order valence-corrected chi connectivity index (χ2v) is 5.33. The maximum Gasteiger partial charge on any atom is 0.422 e. The van der Waals surface area contributed by atoms with Gasteiger partial charge in [-0.2, -0.15) is 8.42 Å². The van der Waals surface area contributed by atoms with Crippen molar-refractivity contribution in [3.05, 3.63) is 28.5 Å². The van der Waals surface area contributed by atoms with Gasteiger partial charge in [0.25, 0.3) is 0 Å². The number of halogens is 2. The second-order valence-electron chi connectivity index (χ2n) is 3.06. The molecule has 1 aromatic carbocycles. The Bertz CT molecular complexity index is 549. The van der Waals surface area contributed by atoms with E-state index in [2.05, 4.69) is 20.7 Å². The van der Waals surface area contributed by atoms with Crippen molar-refractivity contribution in [1.82, 2.24) is 4.72 Å². The van der Waals surface area contributed by atoms with Gasteiger partial charge in [-0.1, -0.05) is 0 Å². The van der Waals surface area contributed by atoms with Crippen LogP contribution in [0.2, 0.25) is 0 Å². The molecule has 9 heteroatoms. The van der Waals surface area contributed by atoms with Crippen LogP contribution in [-0.2, 0) is 14.9 Å². The van der Waals surface area contributed by atoms with E-state index in [1.54, 1.807) is 4.72 Å². The molecule has 0 saturated heterocycles. The molecule has 0 saturated carbocycles. The summed E-state index contributed by atoms with van der Waals surface area (Å²) >= 11 is 2.91. The van der Waals surface area contributed by atoms with E-state index in [1.807, 2.05) is 4.72 Å². The van der Waals surface area contributed by atoms with Crippen LogP contribution < -0.4 is 9.44 Å². The molecule has 0 fully saturated rings. The molecular weight excluding hydrogens is 331 g/mol. The molecule has 0 bridgehead atoms. The molecule has 0 atom stereocenters. The first-order valence-corrected chi connectivity index (χ1v) is 7.04. The van der Waals surface area contributed by atoms with Crippen LogP contribution in [0.25, 0.3) is 0 Å². The first kappa shape index (κ1) is 14.7. The van der Waals surface area contributed by atoms with Gasteiger partial charge in [0, 0.05) is 0 Å². The van der Waals surface area contributed by atoms with Crippen LogP contribution in [-0.4, -0.2) is 21.1 Å². The lowest BCUT2D eigenvalue weighted by atomic mass is 10.3. The molecule has 0 aliphatic carbocycles. The van der Waals surface area contributed by atoms with Crippen molar-refractivity contribution in [1.29, 1.82) is 0 Å². The Labute approximate surface area is 112 Å². The number of benzene rings is 1. The van der Waals surface area contributed by atoms with Gasteiger partial charge in [-0.15, -0.1) is 0 Å². The monoisotopic (exact) mass is 340 g/mol. The number of carbonyl (C=O) groups excluding carboxylic acids is 1. The Balaban J connectivity index is 2.76. The summed E-state index contributed by atoms with van der Waals surface area (Å²) < 4.78 is 44.0. The Morgan fingerprint density at radius 1 is 1.50 bits per heavy atom. The van der Waals surface area contributed by atoms with Crippen molar-refractivity contribution >= 4 is 37.9 Å². The number of anilines is 1. The molecule has 100 valence electrons. The van der Waals surface area contributed by atoms with E-state index >= 15 is 0 Å². The number of carbonyl (C=O) groups is 1. The molecule has 0 spiro atoms. The molecule has 2 N–H and O–H groups in total. The Kier molecular flexibility index (Phi) is 4.91. The quantitative estimate of drug-likeness (QED) is 0.877. The van der Waals surface area contributed by atoms with Crippen molar-refractivity contribution in [2.45, 2.75) is 6.92 Å².